The maximum Gasteiger partial charge on any atom is 0.0701 e. The molecule has 0 spiro atoms. The highest BCUT2D eigenvalue weighted by Crippen LogP contribution is 2.38. The molecule has 72 valence electrons. The van der Waals surface area contributed by atoms with Crippen molar-refractivity contribution >= 4 is 27.3 Å². The Kier molecular flexibility index (Phi) is 2.51. The zero-order chi connectivity index (χ0) is 9.47. The van der Waals surface area contributed by atoms with Gasteiger partial charge in [-0.1, -0.05) is 13.8 Å². The van der Waals surface area contributed by atoms with Crippen molar-refractivity contribution in [2.75, 3.05) is 6.54 Å². The van der Waals surface area contributed by atoms with Crippen LogP contribution in [0.5, 0.6) is 0 Å². The van der Waals surface area contributed by atoms with Gasteiger partial charge in [0.2, 0.25) is 0 Å². The summed E-state index contributed by atoms with van der Waals surface area (Å²) >= 11 is 5.34. The van der Waals surface area contributed by atoms with E-state index in [1.54, 1.807) is 0 Å². The lowest BCUT2D eigenvalue weighted by Crippen LogP contribution is -2.16. The van der Waals surface area contributed by atoms with Gasteiger partial charge in [0, 0.05) is 17.5 Å². The van der Waals surface area contributed by atoms with E-state index < -0.39 is 0 Å². The Morgan fingerprint density at radius 3 is 2.77 bits per heavy atom. The van der Waals surface area contributed by atoms with Crippen molar-refractivity contribution < 1.29 is 0 Å². The number of thiophene rings is 1. The molecule has 1 aliphatic heterocycles. The van der Waals surface area contributed by atoms with Crippen molar-refractivity contribution in [1.29, 1.82) is 0 Å². The predicted octanol–water partition coefficient (Wildman–Crippen LogP) is 3.57. The largest absolute Gasteiger partial charge is 0.309 e. The maximum atomic E-state index is 3.57. The van der Waals surface area contributed by atoms with E-state index >= 15 is 0 Å². The topological polar surface area (TPSA) is 12.0 Å². The van der Waals surface area contributed by atoms with Crippen molar-refractivity contribution in [2.24, 2.45) is 5.41 Å². The Morgan fingerprint density at radius 2 is 2.31 bits per heavy atom. The van der Waals surface area contributed by atoms with Gasteiger partial charge in [-0.2, -0.15) is 0 Å². The van der Waals surface area contributed by atoms with Gasteiger partial charge in [0.25, 0.3) is 0 Å². The number of nitrogens with one attached hydrogen (secondary N) is 1. The lowest BCUT2D eigenvalue weighted by molar-refractivity contribution is 0.404. The Balaban J connectivity index is 2.12. The van der Waals surface area contributed by atoms with Crippen LogP contribution in [0.3, 0.4) is 0 Å². The highest BCUT2D eigenvalue weighted by molar-refractivity contribution is 9.11. The molecule has 13 heavy (non-hydrogen) atoms. The van der Waals surface area contributed by atoms with Crippen LogP contribution in [0.15, 0.2) is 15.9 Å². The minimum absolute atomic E-state index is 0.459. The molecule has 2 rings (SSSR count). The molecule has 0 radical (unpaired) electrons. The second-order valence-corrected chi connectivity index (χ2v) is 6.94. The summed E-state index contributed by atoms with van der Waals surface area (Å²) in [6.07, 6.45) is 1.25. The van der Waals surface area contributed by atoms with Crippen LogP contribution >= 0.6 is 27.3 Å². The first-order valence-corrected chi connectivity index (χ1v) is 6.16. The SMILES string of the molecule is CC1(C)CNC(c2ccc(Br)s2)C1. The van der Waals surface area contributed by atoms with E-state index in [9.17, 15) is 0 Å². The van der Waals surface area contributed by atoms with Crippen LogP contribution < -0.4 is 5.32 Å². The summed E-state index contributed by atoms with van der Waals surface area (Å²) in [4.78, 5) is 1.46. The van der Waals surface area contributed by atoms with E-state index in [2.05, 4.69) is 47.2 Å². The summed E-state index contributed by atoms with van der Waals surface area (Å²) in [5, 5.41) is 3.57. The molecular formula is C10H14BrNS. The molecule has 1 fully saturated rings. The highest BCUT2D eigenvalue weighted by Gasteiger charge is 2.31. The van der Waals surface area contributed by atoms with Crippen molar-refractivity contribution in [2.45, 2.75) is 26.3 Å². The normalized spacial score (nSPS) is 26.5. The summed E-state index contributed by atoms with van der Waals surface area (Å²) in [5.41, 5.74) is 0.459. The number of hydrogen-bond donors (Lipinski definition) is 1. The Labute approximate surface area is 91.7 Å². The van der Waals surface area contributed by atoms with Crippen LogP contribution in [0.2, 0.25) is 0 Å². The van der Waals surface area contributed by atoms with Crippen LogP contribution in [-0.2, 0) is 0 Å². The molecule has 1 atom stereocenters. The fourth-order valence-corrected chi connectivity index (χ4v) is 3.31. The van der Waals surface area contributed by atoms with Gasteiger partial charge in [-0.3, -0.25) is 0 Å². The van der Waals surface area contributed by atoms with E-state index in [1.165, 1.54) is 15.1 Å². The smallest absolute Gasteiger partial charge is 0.0701 e. The molecule has 0 aromatic carbocycles. The fourth-order valence-electron chi connectivity index (χ4n) is 1.81. The molecule has 1 saturated heterocycles. The van der Waals surface area contributed by atoms with Gasteiger partial charge < -0.3 is 5.32 Å². The molecule has 0 bridgehead atoms. The molecule has 1 aliphatic rings. The molecule has 1 unspecified atom stereocenters. The fraction of sp³-hybridized carbons (Fsp3) is 0.600. The maximum absolute atomic E-state index is 3.57. The highest BCUT2D eigenvalue weighted by atomic mass is 79.9. The molecular weight excluding hydrogens is 246 g/mol. The summed E-state index contributed by atoms with van der Waals surface area (Å²) in [5.74, 6) is 0. The standard InChI is InChI=1S/C10H14BrNS/c1-10(2)5-7(12-6-10)8-3-4-9(11)13-8/h3-4,7,12H,5-6H2,1-2H3. The molecule has 1 aromatic rings. The van der Waals surface area contributed by atoms with Gasteiger partial charge in [0.15, 0.2) is 0 Å². The van der Waals surface area contributed by atoms with Crippen molar-refractivity contribution in [3.63, 3.8) is 0 Å². The van der Waals surface area contributed by atoms with Crippen molar-refractivity contribution in [1.82, 2.24) is 5.32 Å². The van der Waals surface area contributed by atoms with Gasteiger partial charge in [0.1, 0.15) is 0 Å². The van der Waals surface area contributed by atoms with Crippen LogP contribution in [0.25, 0.3) is 0 Å². The Hall–Kier alpha value is 0.140. The minimum atomic E-state index is 0.459. The first-order valence-electron chi connectivity index (χ1n) is 4.55. The molecule has 0 saturated carbocycles. The zero-order valence-corrected chi connectivity index (χ0v) is 10.3. The number of halogens is 1. The molecule has 1 N–H and O–H groups in total. The van der Waals surface area contributed by atoms with E-state index in [0.717, 1.165) is 6.54 Å². The third-order valence-corrected chi connectivity index (χ3v) is 4.26. The Bertz CT molecular complexity index is 306. The Morgan fingerprint density at radius 1 is 1.54 bits per heavy atom. The van der Waals surface area contributed by atoms with E-state index in [1.807, 2.05) is 11.3 Å². The molecule has 2 heterocycles. The van der Waals surface area contributed by atoms with Gasteiger partial charge in [-0.05, 0) is 39.9 Å². The third-order valence-electron chi connectivity index (χ3n) is 2.52. The first-order chi connectivity index (χ1) is 6.07. The monoisotopic (exact) mass is 259 g/mol. The van der Waals surface area contributed by atoms with Crippen LogP contribution in [0, 0.1) is 5.41 Å². The second-order valence-electron chi connectivity index (χ2n) is 4.44. The lowest BCUT2D eigenvalue weighted by atomic mass is 9.90. The summed E-state index contributed by atoms with van der Waals surface area (Å²) in [6, 6.07) is 4.92. The summed E-state index contributed by atoms with van der Waals surface area (Å²) in [7, 11) is 0. The van der Waals surface area contributed by atoms with Gasteiger partial charge in [0.05, 0.1) is 3.79 Å². The molecule has 3 heteroatoms. The van der Waals surface area contributed by atoms with E-state index in [-0.39, 0.29) is 0 Å². The van der Waals surface area contributed by atoms with E-state index in [4.69, 9.17) is 0 Å². The summed E-state index contributed by atoms with van der Waals surface area (Å²) in [6.45, 7) is 5.78. The lowest BCUT2D eigenvalue weighted by Gasteiger charge is -2.14. The number of hydrogen-bond acceptors (Lipinski definition) is 2. The molecule has 1 nitrogen and oxygen atoms in total. The van der Waals surface area contributed by atoms with Crippen molar-refractivity contribution in [3.05, 3.63) is 20.8 Å². The van der Waals surface area contributed by atoms with E-state index in [0.29, 0.717) is 11.5 Å². The minimum Gasteiger partial charge on any atom is -0.309 e. The third kappa shape index (κ3) is 2.14. The zero-order valence-electron chi connectivity index (χ0n) is 7.93. The molecule has 0 amide bonds. The first kappa shape index (κ1) is 9.69. The average Bonchev–Trinajstić information content (AvgIpc) is 2.56. The summed E-state index contributed by atoms with van der Waals surface area (Å²) < 4.78 is 1.23. The second kappa shape index (κ2) is 3.37. The van der Waals surface area contributed by atoms with Crippen LogP contribution in [-0.4, -0.2) is 6.54 Å². The van der Waals surface area contributed by atoms with Gasteiger partial charge in [-0.15, -0.1) is 11.3 Å². The average molecular weight is 260 g/mol. The molecule has 1 aromatic heterocycles. The predicted molar refractivity (Wildman–Crippen MR) is 61.2 cm³/mol. The van der Waals surface area contributed by atoms with Crippen molar-refractivity contribution in [3.8, 4) is 0 Å². The number of rotatable bonds is 1. The van der Waals surface area contributed by atoms with Gasteiger partial charge >= 0.3 is 0 Å². The quantitative estimate of drug-likeness (QED) is 0.814. The van der Waals surface area contributed by atoms with Crippen LogP contribution in [0.1, 0.15) is 31.2 Å². The van der Waals surface area contributed by atoms with Gasteiger partial charge in [-0.25, -0.2) is 0 Å². The molecule has 0 aliphatic carbocycles. The van der Waals surface area contributed by atoms with Crippen LogP contribution in [0.4, 0.5) is 0 Å².